The SMILES string of the molecule is CC(C)C[C@H](NC(=O)[C@H](Cc1ccccc1)NC(=O)[C@@H]1CCCN1C(=O)[C@@H](N)CCCN=C(N)N)C(=O)N[C@H](C(=O)N[C@@H](CC(=O)O)C(=O)N[C@H](C(=O)NCC(=O)N[C@@H](CCCN=C(N)N)C(=O)O)[C@@H](C)O)C(C)C. The molecule has 1 fully saturated rings. The van der Waals surface area contributed by atoms with Crippen molar-refractivity contribution >= 4 is 71.1 Å². The standard InChI is InChI=1S/C47H77N15O13/c1-24(2)20-30(57-38(67)31(21-27-12-7-6-8-13-27)58-41(70)33-16-11-19-62(33)44(73)28(48)14-9-17-53-46(49)50)39(68)60-36(25(3)4)43(72)59-32(22-35(65)66)40(69)61-37(26(5)63)42(71)55-23-34(64)56-29(45(74)75)15-10-18-54-47(51)52/h6-8,12-13,24-26,28-33,36-37,63H,9-11,14-23,48H2,1-5H3,(H,55,71)(H,56,64)(H,57,67)(H,58,70)(H,59,72)(H,60,68)(H,61,69)(H,65,66)(H,74,75)(H4,49,50,53)(H4,51,52,54)/t26-,28+,29+,30+,31+,32+,33+,36+,37+/m1/s1. The zero-order chi connectivity index (χ0) is 56.5. The number of nitrogens with one attached hydrogen (secondary N) is 7. The topological polar surface area (TPSA) is 474 Å². The van der Waals surface area contributed by atoms with Crippen LogP contribution in [0.4, 0.5) is 0 Å². The minimum absolute atomic E-state index is 0.0206. The molecule has 8 amide bonds. The third-order valence-corrected chi connectivity index (χ3v) is 11.7. The highest BCUT2D eigenvalue weighted by Gasteiger charge is 2.39. The summed E-state index contributed by atoms with van der Waals surface area (Å²) in [5.41, 5.74) is 28.1. The number of aliphatic imine (C=N–C) groups is 2. The van der Waals surface area contributed by atoms with Crippen molar-refractivity contribution in [1.29, 1.82) is 0 Å². The number of carboxylic acids is 2. The zero-order valence-corrected chi connectivity index (χ0v) is 43.1. The van der Waals surface area contributed by atoms with Gasteiger partial charge < -0.3 is 86.1 Å². The number of carbonyl (C=O) groups excluding carboxylic acids is 8. The highest BCUT2D eigenvalue weighted by atomic mass is 16.4. The van der Waals surface area contributed by atoms with Crippen LogP contribution in [0.25, 0.3) is 0 Å². The van der Waals surface area contributed by atoms with Gasteiger partial charge in [-0.05, 0) is 69.3 Å². The predicted octanol–water partition coefficient (Wildman–Crippen LogP) is -4.68. The molecule has 0 aliphatic carbocycles. The number of carboxylic acid groups (broad SMARTS) is 2. The molecule has 28 heteroatoms. The van der Waals surface area contributed by atoms with Crippen molar-refractivity contribution in [2.24, 2.45) is 50.5 Å². The van der Waals surface area contributed by atoms with Gasteiger partial charge in [-0.1, -0.05) is 58.0 Å². The number of nitrogens with two attached hydrogens (primary N) is 5. The molecule has 1 aliphatic heterocycles. The second-order valence-corrected chi connectivity index (χ2v) is 18.9. The first kappa shape index (κ1) is 63.5. The summed E-state index contributed by atoms with van der Waals surface area (Å²) in [6.45, 7) is 7.54. The van der Waals surface area contributed by atoms with Gasteiger partial charge in [0.2, 0.25) is 47.3 Å². The van der Waals surface area contributed by atoms with E-state index in [0.717, 1.165) is 6.92 Å². The minimum atomic E-state index is -1.90. The Labute approximate surface area is 434 Å². The lowest BCUT2D eigenvalue weighted by atomic mass is 9.98. The lowest BCUT2D eigenvalue weighted by molar-refractivity contribution is -0.142. The van der Waals surface area contributed by atoms with Crippen molar-refractivity contribution < 1.29 is 63.3 Å². The fourth-order valence-corrected chi connectivity index (χ4v) is 7.84. The van der Waals surface area contributed by atoms with E-state index in [2.05, 4.69) is 47.2 Å². The number of aliphatic carboxylic acids is 2. The van der Waals surface area contributed by atoms with Crippen molar-refractivity contribution in [2.45, 2.75) is 147 Å². The Hall–Kier alpha value is -7.62. The zero-order valence-electron chi connectivity index (χ0n) is 43.1. The van der Waals surface area contributed by atoms with Gasteiger partial charge in [-0.15, -0.1) is 0 Å². The van der Waals surface area contributed by atoms with Crippen molar-refractivity contribution in [3.8, 4) is 0 Å². The van der Waals surface area contributed by atoms with Crippen LogP contribution < -0.4 is 65.9 Å². The fourth-order valence-electron chi connectivity index (χ4n) is 7.84. The molecule has 0 aromatic heterocycles. The number of nitrogens with zero attached hydrogens (tertiary/aromatic N) is 3. The van der Waals surface area contributed by atoms with Gasteiger partial charge in [-0.25, -0.2) is 4.79 Å². The highest BCUT2D eigenvalue weighted by molar-refractivity contribution is 5.99. The molecule has 0 unspecified atom stereocenters. The van der Waals surface area contributed by atoms with Crippen LogP contribution in [0.2, 0.25) is 0 Å². The molecule has 0 bridgehead atoms. The third kappa shape index (κ3) is 23.0. The van der Waals surface area contributed by atoms with Gasteiger partial charge in [0.05, 0.1) is 25.1 Å². The Kier molecular flexibility index (Phi) is 27.0. The Bertz CT molecular complexity index is 2190. The molecule has 418 valence electrons. The van der Waals surface area contributed by atoms with Crippen LogP contribution in [0.5, 0.6) is 0 Å². The normalized spacial score (nSPS) is 16.3. The number of benzene rings is 1. The molecule has 2 rings (SSSR count). The molecule has 28 nitrogen and oxygen atoms in total. The van der Waals surface area contributed by atoms with Gasteiger partial charge in [-0.2, -0.15) is 0 Å². The van der Waals surface area contributed by atoms with Gasteiger partial charge in [0.25, 0.3) is 0 Å². The number of amides is 8. The summed E-state index contributed by atoms with van der Waals surface area (Å²) in [7, 11) is 0. The lowest BCUT2D eigenvalue weighted by Crippen LogP contribution is -2.62. The smallest absolute Gasteiger partial charge is 0.326 e. The molecule has 0 saturated carbocycles. The van der Waals surface area contributed by atoms with Crippen LogP contribution in [-0.2, 0) is 54.4 Å². The van der Waals surface area contributed by atoms with Gasteiger partial charge in [0, 0.05) is 26.1 Å². The van der Waals surface area contributed by atoms with E-state index in [1.54, 1.807) is 58.0 Å². The van der Waals surface area contributed by atoms with Crippen molar-refractivity contribution in [1.82, 2.24) is 42.1 Å². The van der Waals surface area contributed by atoms with E-state index >= 15 is 0 Å². The van der Waals surface area contributed by atoms with Crippen LogP contribution in [0.3, 0.4) is 0 Å². The first-order chi connectivity index (χ1) is 35.2. The van der Waals surface area contributed by atoms with Crippen molar-refractivity contribution in [3.05, 3.63) is 35.9 Å². The summed E-state index contributed by atoms with van der Waals surface area (Å²) in [4.78, 5) is 142. The van der Waals surface area contributed by atoms with E-state index in [9.17, 15) is 63.3 Å². The molecule has 1 aromatic carbocycles. The average Bonchev–Trinajstić information content (AvgIpc) is 3.83. The van der Waals surface area contributed by atoms with E-state index in [1.165, 1.54) is 4.90 Å². The van der Waals surface area contributed by atoms with E-state index in [1.807, 2.05) is 0 Å². The summed E-state index contributed by atoms with van der Waals surface area (Å²) in [6, 6.07) is -2.28. The molecule has 75 heavy (non-hydrogen) atoms. The number of hydrogen-bond acceptors (Lipinski definition) is 14. The molecular formula is C47H77N15O13. The second-order valence-electron chi connectivity index (χ2n) is 18.9. The Morgan fingerprint density at radius 2 is 1.24 bits per heavy atom. The molecular weight excluding hydrogens is 983 g/mol. The molecule has 20 N–H and O–H groups in total. The largest absolute Gasteiger partial charge is 0.481 e. The van der Waals surface area contributed by atoms with E-state index in [4.69, 9.17) is 28.7 Å². The van der Waals surface area contributed by atoms with Crippen LogP contribution >= 0.6 is 0 Å². The maximum atomic E-state index is 14.3. The molecule has 1 saturated heterocycles. The number of hydrogen-bond donors (Lipinski definition) is 15. The van der Waals surface area contributed by atoms with E-state index < -0.39 is 133 Å². The van der Waals surface area contributed by atoms with Crippen molar-refractivity contribution in [3.63, 3.8) is 0 Å². The third-order valence-electron chi connectivity index (χ3n) is 11.7. The summed E-state index contributed by atoms with van der Waals surface area (Å²) in [6.07, 6.45) is -1.10. The van der Waals surface area contributed by atoms with E-state index in [0.29, 0.717) is 24.8 Å². The molecule has 1 aromatic rings. The minimum Gasteiger partial charge on any atom is -0.481 e. The number of aliphatic hydroxyl groups excluding tert-OH is 1. The summed E-state index contributed by atoms with van der Waals surface area (Å²) in [5, 5.41) is 46.6. The molecule has 0 spiro atoms. The van der Waals surface area contributed by atoms with Gasteiger partial charge in [0.1, 0.15) is 42.3 Å². The number of likely N-dealkylation sites (tertiary alicyclic amines) is 1. The lowest BCUT2D eigenvalue weighted by Gasteiger charge is -2.30. The second kappa shape index (κ2) is 31.9. The van der Waals surface area contributed by atoms with Crippen LogP contribution in [0.15, 0.2) is 40.3 Å². The van der Waals surface area contributed by atoms with Crippen LogP contribution in [0, 0.1) is 11.8 Å². The van der Waals surface area contributed by atoms with E-state index in [-0.39, 0.29) is 69.6 Å². The molecule has 9 atom stereocenters. The summed E-state index contributed by atoms with van der Waals surface area (Å²) >= 11 is 0. The van der Waals surface area contributed by atoms with Crippen molar-refractivity contribution in [2.75, 3.05) is 26.2 Å². The maximum Gasteiger partial charge on any atom is 0.326 e. The van der Waals surface area contributed by atoms with Crippen LogP contribution in [-0.4, -0.2) is 172 Å². The quantitative estimate of drug-likeness (QED) is 0.0183. The predicted molar refractivity (Wildman–Crippen MR) is 273 cm³/mol. The van der Waals surface area contributed by atoms with Gasteiger partial charge in [-0.3, -0.25) is 53.1 Å². The number of aliphatic hydroxyl groups is 1. The molecule has 1 heterocycles. The Morgan fingerprint density at radius 1 is 0.680 bits per heavy atom. The Balaban J connectivity index is 2.27. The molecule has 1 aliphatic rings. The average molecular weight is 1060 g/mol. The highest BCUT2D eigenvalue weighted by Crippen LogP contribution is 2.20. The first-order valence-electron chi connectivity index (χ1n) is 24.6. The van der Waals surface area contributed by atoms with Gasteiger partial charge in [0.15, 0.2) is 11.9 Å². The summed E-state index contributed by atoms with van der Waals surface area (Å²) < 4.78 is 0. The number of guanidine groups is 2. The Morgan fingerprint density at radius 3 is 1.79 bits per heavy atom. The fraction of sp³-hybridized carbons (Fsp3) is 0.617. The summed E-state index contributed by atoms with van der Waals surface area (Å²) in [5.74, 6) is -11.2. The van der Waals surface area contributed by atoms with Crippen LogP contribution in [0.1, 0.15) is 91.5 Å². The maximum absolute atomic E-state index is 14.3. The molecule has 0 radical (unpaired) electrons. The first-order valence-corrected chi connectivity index (χ1v) is 24.6. The number of rotatable bonds is 32. The monoisotopic (exact) mass is 1060 g/mol. The number of carbonyl (C=O) groups is 10. The van der Waals surface area contributed by atoms with Gasteiger partial charge >= 0.3 is 11.9 Å².